The Morgan fingerprint density at radius 1 is 1.47 bits per heavy atom. The number of carbonyl (C=O) groups is 1. The van der Waals surface area contributed by atoms with Gasteiger partial charge in [0.05, 0.1) is 6.04 Å². The van der Waals surface area contributed by atoms with Crippen molar-refractivity contribution in [1.82, 2.24) is 4.90 Å². The smallest absolute Gasteiger partial charge is 0.224 e. The number of carbonyl (C=O) groups excluding carboxylic acids is 1. The van der Waals surface area contributed by atoms with Crippen LogP contribution in [0.4, 0.5) is 8.78 Å². The van der Waals surface area contributed by atoms with Crippen LogP contribution in [-0.4, -0.2) is 23.4 Å². The van der Waals surface area contributed by atoms with Crippen LogP contribution in [0.25, 0.3) is 0 Å². The molecule has 0 aromatic heterocycles. The van der Waals surface area contributed by atoms with E-state index < -0.39 is 23.7 Å². The predicted octanol–water partition coefficient (Wildman–Crippen LogP) is 1.59. The van der Waals surface area contributed by atoms with Gasteiger partial charge in [-0.25, -0.2) is 8.78 Å². The third-order valence-electron chi connectivity index (χ3n) is 3.09. The third kappa shape index (κ3) is 2.02. The van der Waals surface area contributed by atoms with Crippen LogP contribution < -0.4 is 5.73 Å². The SMILES string of the molecule is CCN1C(=O)CC(N)C1c1ccc(F)cc1F. The number of halogens is 2. The quantitative estimate of drug-likeness (QED) is 0.853. The molecule has 2 atom stereocenters. The minimum Gasteiger partial charge on any atom is -0.334 e. The molecule has 1 fully saturated rings. The summed E-state index contributed by atoms with van der Waals surface area (Å²) in [6.45, 7) is 2.28. The number of nitrogens with two attached hydrogens (primary N) is 1. The molecule has 2 rings (SSSR count). The molecule has 0 aliphatic carbocycles. The molecule has 17 heavy (non-hydrogen) atoms. The first kappa shape index (κ1) is 12.0. The van der Waals surface area contributed by atoms with Gasteiger partial charge in [-0.05, 0) is 13.0 Å². The lowest BCUT2D eigenvalue weighted by molar-refractivity contribution is -0.128. The zero-order valence-electron chi connectivity index (χ0n) is 9.49. The van der Waals surface area contributed by atoms with E-state index in [2.05, 4.69) is 0 Å². The van der Waals surface area contributed by atoms with E-state index >= 15 is 0 Å². The summed E-state index contributed by atoms with van der Waals surface area (Å²) in [5.74, 6) is -1.38. The fourth-order valence-corrected chi connectivity index (χ4v) is 2.33. The van der Waals surface area contributed by atoms with Crippen LogP contribution in [-0.2, 0) is 4.79 Å². The van der Waals surface area contributed by atoms with E-state index in [4.69, 9.17) is 5.73 Å². The van der Waals surface area contributed by atoms with Crippen LogP contribution in [0.3, 0.4) is 0 Å². The highest BCUT2D eigenvalue weighted by Crippen LogP contribution is 2.33. The highest BCUT2D eigenvalue weighted by molar-refractivity contribution is 5.80. The maximum absolute atomic E-state index is 13.7. The maximum Gasteiger partial charge on any atom is 0.224 e. The number of likely N-dealkylation sites (N-methyl/N-ethyl adjacent to an activating group) is 1. The summed E-state index contributed by atoms with van der Waals surface area (Å²) in [7, 11) is 0. The fraction of sp³-hybridized carbons (Fsp3) is 0.417. The Morgan fingerprint density at radius 3 is 2.76 bits per heavy atom. The van der Waals surface area contributed by atoms with Gasteiger partial charge in [0.2, 0.25) is 5.91 Å². The number of nitrogens with zero attached hydrogens (tertiary/aromatic N) is 1. The number of likely N-dealkylation sites (tertiary alicyclic amines) is 1. The molecule has 1 aliphatic rings. The molecule has 0 spiro atoms. The van der Waals surface area contributed by atoms with E-state index in [0.29, 0.717) is 6.54 Å². The van der Waals surface area contributed by atoms with Crippen LogP contribution in [0.15, 0.2) is 18.2 Å². The molecule has 1 saturated heterocycles. The molecule has 92 valence electrons. The molecular weight excluding hydrogens is 226 g/mol. The van der Waals surface area contributed by atoms with Crippen molar-refractivity contribution in [2.45, 2.75) is 25.4 Å². The first-order valence-corrected chi connectivity index (χ1v) is 5.54. The van der Waals surface area contributed by atoms with Gasteiger partial charge >= 0.3 is 0 Å². The average molecular weight is 240 g/mol. The third-order valence-corrected chi connectivity index (χ3v) is 3.09. The van der Waals surface area contributed by atoms with Gasteiger partial charge in [0.1, 0.15) is 11.6 Å². The van der Waals surface area contributed by atoms with Gasteiger partial charge in [0.25, 0.3) is 0 Å². The first-order chi connectivity index (χ1) is 8.04. The molecule has 5 heteroatoms. The second-order valence-corrected chi connectivity index (χ2v) is 4.16. The molecule has 0 saturated carbocycles. The number of hydrogen-bond acceptors (Lipinski definition) is 2. The van der Waals surface area contributed by atoms with E-state index in [1.807, 2.05) is 6.92 Å². The predicted molar refractivity (Wildman–Crippen MR) is 59.1 cm³/mol. The molecule has 0 bridgehead atoms. The molecule has 0 radical (unpaired) electrons. The Balaban J connectivity index is 2.41. The van der Waals surface area contributed by atoms with Crippen molar-refractivity contribution in [2.75, 3.05) is 6.54 Å². The molecule has 1 aliphatic heterocycles. The zero-order chi connectivity index (χ0) is 12.6. The lowest BCUT2D eigenvalue weighted by Crippen LogP contribution is -2.33. The maximum atomic E-state index is 13.7. The van der Waals surface area contributed by atoms with E-state index in [9.17, 15) is 13.6 Å². The Labute approximate surface area is 98.2 Å². The number of amides is 1. The highest BCUT2D eigenvalue weighted by atomic mass is 19.1. The van der Waals surface area contributed by atoms with Crippen molar-refractivity contribution in [3.05, 3.63) is 35.4 Å². The van der Waals surface area contributed by atoms with Crippen LogP contribution in [0.1, 0.15) is 24.9 Å². The average Bonchev–Trinajstić information content (AvgIpc) is 2.53. The largest absolute Gasteiger partial charge is 0.334 e. The van der Waals surface area contributed by atoms with Crippen molar-refractivity contribution in [1.29, 1.82) is 0 Å². The monoisotopic (exact) mass is 240 g/mol. The standard InChI is InChI=1S/C12H14F2N2O/c1-2-16-11(17)6-10(15)12(16)8-4-3-7(13)5-9(8)14/h3-5,10,12H,2,6,15H2,1H3. The van der Waals surface area contributed by atoms with E-state index in [1.165, 1.54) is 17.0 Å². The lowest BCUT2D eigenvalue weighted by Gasteiger charge is -2.26. The molecule has 2 N–H and O–H groups in total. The van der Waals surface area contributed by atoms with Crippen molar-refractivity contribution in [2.24, 2.45) is 5.73 Å². The van der Waals surface area contributed by atoms with Crippen LogP contribution in [0, 0.1) is 11.6 Å². The molecule has 1 amide bonds. The molecule has 2 unspecified atom stereocenters. The minimum atomic E-state index is -0.654. The lowest BCUT2D eigenvalue weighted by atomic mass is 10.00. The van der Waals surface area contributed by atoms with Crippen molar-refractivity contribution >= 4 is 5.91 Å². The van der Waals surface area contributed by atoms with Crippen molar-refractivity contribution in [3.63, 3.8) is 0 Å². The molecule has 1 heterocycles. The van der Waals surface area contributed by atoms with Crippen LogP contribution in [0.5, 0.6) is 0 Å². The Hall–Kier alpha value is -1.49. The summed E-state index contributed by atoms with van der Waals surface area (Å²) >= 11 is 0. The molecule has 1 aromatic carbocycles. The van der Waals surface area contributed by atoms with Gasteiger partial charge in [-0.3, -0.25) is 4.79 Å². The van der Waals surface area contributed by atoms with Gasteiger partial charge in [-0.15, -0.1) is 0 Å². The second kappa shape index (κ2) is 4.41. The van der Waals surface area contributed by atoms with E-state index in [-0.39, 0.29) is 17.9 Å². The Kier molecular flexibility index (Phi) is 3.11. The van der Waals surface area contributed by atoms with E-state index in [0.717, 1.165) is 6.07 Å². The summed E-state index contributed by atoms with van der Waals surface area (Å²) in [5, 5.41) is 0. The summed E-state index contributed by atoms with van der Waals surface area (Å²) in [6, 6.07) is 2.42. The summed E-state index contributed by atoms with van der Waals surface area (Å²) < 4.78 is 26.5. The zero-order valence-corrected chi connectivity index (χ0v) is 9.49. The summed E-state index contributed by atoms with van der Waals surface area (Å²) in [4.78, 5) is 13.2. The first-order valence-electron chi connectivity index (χ1n) is 5.54. The normalized spacial score (nSPS) is 24.5. The highest BCUT2D eigenvalue weighted by Gasteiger charge is 2.38. The molecule has 1 aromatic rings. The fourth-order valence-electron chi connectivity index (χ4n) is 2.33. The van der Waals surface area contributed by atoms with Crippen LogP contribution >= 0.6 is 0 Å². The van der Waals surface area contributed by atoms with Gasteiger partial charge in [-0.2, -0.15) is 0 Å². The minimum absolute atomic E-state index is 0.0891. The molecule has 3 nitrogen and oxygen atoms in total. The Bertz CT molecular complexity index is 450. The Morgan fingerprint density at radius 2 is 2.18 bits per heavy atom. The number of hydrogen-bond donors (Lipinski definition) is 1. The van der Waals surface area contributed by atoms with E-state index in [1.54, 1.807) is 0 Å². The van der Waals surface area contributed by atoms with Gasteiger partial charge in [-0.1, -0.05) is 6.07 Å². The summed E-state index contributed by atoms with van der Waals surface area (Å²) in [5.41, 5.74) is 6.14. The van der Waals surface area contributed by atoms with Gasteiger partial charge < -0.3 is 10.6 Å². The van der Waals surface area contributed by atoms with Crippen molar-refractivity contribution < 1.29 is 13.6 Å². The summed E-state index contributed by atoms with van der Waals surface area (Å²) in [6.07, 6.45) is 0.204. The van der Waals surface area contributed by atoms with Crippen LogP contribution in [0.2, 0.25) is 0 Å². The second-order valence-electron chi connectivity index (χ2n) is 4.16. The topological polar surface area (TPSA) is 46.3 Å². The van der Waals surface area contributed by atoms with Gasteiger partial charge in [0.15, 0.2) is 0 Å². The molecular formula is C12H14F2N2O. The van der Waals surface area contributed by atoms with Crippen molar-refractivity contribution in [3.8, 4) is 0 Å². The number of rotatable bonds is 2. The number of benzene rings is 1. The van der Waals surface area contributed by atoms with Gasteiger partial charge in [0, 0.05) is 30.6 Å².